The number of carbonyl (C=O) groups is 1. The van der Waals surface area contributed by atoms with Gasteiger partial charge < -0.3 is 9.73 Å². The topological polar surface area (TPSA) is 42.2 Å². The zero-order valence-electron chi connectivity index (χ0n) is 12.3. The van der Waals surface area contributed by atoms with Crippen LogP contribution in [0.3, 0.4) is 0 Å². The molecule has 23 heavy (non-hydrogen) atoms. The van der Waals surface area contributed by atoms with Gasteiger partial charge in [-0.05, 0) is 42.8 Å². The first-order valence-electron chi connectivity index (χ1n) is 6.97. The van der Waals surface area contributed by atoms with Gasteiger partial charge in [0, 0.05) is 11.3 Å². The molecule has 3 nitrogen and oxygen atoms in total. The van der Waals surface area contributed by atoms with Gasteiger partial charge in [-0.3, -0.25) is 4.79 Å². The number of amides is 1. The summed E-state index contributed by atoms with van der Waals surface area (Å²) >= 11 is 12.2. The van der Waals surface area contributed by atoms with E-state index in [0.717, 1.165) is 11.3 Å². The lowest BCUT2D eigenvalue weighted by Gasteiger charge is -2.06. The highest BCUT2D eigenvalue weighted by Crippen LogP contribution is 2.34. The van der Waals surface area contributed by atoms with E-state index < -0.39 is 0 Å². The summed E-state index contributed by atoms with van der Waals surface area (Å²) in [5.41, 5.74) is 2.37. The standard InChI is InChI=1S/C18H13Cl2NO2/c1-11-5-2-3-8-14(11)21-18(22)16-10-9-15(23-16)12-6-4-7-13(19)17(12)20/h2-10H,1H3,(H,21,22). The molecule has 0 fully saturated rings. The maximum atomic E-state index is 12.3. The largest absolute Gasteiger partial charge is 0.451 e. The van der Waals surface area contributed by atoms with Gasteiger partial charge in [-0.2, -0.15) is 0 Å². The van der Waals surface area contributed by atoms with E-state index in [9.17, 15) is 4.79 Å². The third kappa shape index (κ3) is 3.26. The number of para-hydroxylation sites is 1. The summed E-state index contributed by atoms with van der Waals surface area (Å²) in [6.45, 7) is 1.93. The predicted molar refractivity (Wildman–Crippen MR) is 93.3 cm³/mol. The molecule has 0 aliphatic carbocycles. The maximum Gasteiger partial charge on any atom is 0.291 e. The molecule has 0 saturated heterocycles. The molecule has 3 rings (SSSR count). The molecule has 0 bridgehead atoms. The van der Waals surface area contributed by atoms with E-state index in [1.54, 1.807) is 30.3 Å². The van der Waals surface area contributed by atoms with Crippen molar-refractivity contribution < 1.29 is 9.21 Å². The zero-order valence-corrected chi connectivity index (χ0v) is 13.8. The van der Waals surface area contributed by atoms with Crippen molar-refractivity contribution in [2.24, 2.45) is 0 Å². The van der Waals surface area contributed by atoms with Crippen LogP contribution in [0.1, 0.15) is 16.1 Å². The Kier molecular flexibility index (Phi) is 4.42. The number of halogens is 2. The highest BCUT2D eigenvalue weighted by Gasteiger charge is 2.15. The second kappa shape index (κ2) is 6.49. The molecule has 1 heterocycles. The highest BCUT2D eigenvalue weighted by atomic mass is 35.5. The number of hydrogen-bond donors (Lipinski definition) is 1. The van der Waals surface area contributed by atoms with E-state index in [4.69, 9.17) is 27.6 Å². The monoisotopic (exact) mass is 345 g/mol. The predicted octanol–water partition coefficient (Wildman–Crippen LogP) is 5.81. The highest BCUT2D eigenvalue weighted by molar-refractivity contribution is 6.43. The number of rotatable bonds is 3. The number of benzene rings is 2. The molecule has 0 radical (unpaired) electrons. The quantitative estimate of drug-likeness (QED) is 0.650. The lowest BCUT2D eigenvalue weighted by Crippen LogP contribution is -2.11. The van der Waals surface area contributed by atoms with Gasteiger partial charge in [-0.25, -0.2) is 0 Å². The minimum Gasteiger partial charge on any atom is -0.451 e. The van der Waals surface area contributed by atoms with Crippen LogP contribution in [0.15, 0.2) is 59.0 Å². The fourth-order valence-corrected chi connectivity index (χ4v) is 2.59. The van der Waals surface area contributed by atoms with Gasteiger partial charge in [0.15, 0.2) is 5.76 Å². The van der Waals surface area contributed by atoms with Crippen LogP contribution in [0.4, 0.5) is 5.69 Å². The van der Waals surface area contributed by atoms with Crippen LogP contribution in [0, 0.1) is 6.92 Å². The van der Waals surface area contributed by atoms with Crippen molar-refractivity contribution >= 4 is 34.8 Å². The number of furan rings is 1. The number of anilines is 1. The van der Waals surface area contributed by atoms with Gasteiger partial charge in [-0.15, -0.1) is 0 Å². The smallest absolute Gasteiger partial charge is 0.291 e. The molecule has 1 amide bonds. The van der Waals surface area contributed by atoms with Gasteiger partial charge in [0.25, 0.3) is 5.91 Å². The first-order chi connectivity index (χ1) is 11.1. The second-order valence-corrected chi connectivity index (χ2v) is 5.82. The maximum absolute atomic E-state index is 12.3. The van der Waals surface area contributed by atoms with E-state index in [2.05, 4.69) is 5.32 Å². The van der Waals surface area contributed by atoms with Crippen molar-refractivity contribution in [3.8, 4) is 11.3 Å². The van der Waals surface area contributed by atoms with E-state index >= 15 is 0 Å². The summed E-state index contributed by atoms with van der Waals surface area (Å²) in [5, 5.41) is 3.66. The van der Waals surface area contributed by atoms with Crippen LogP contribution in [-0.2, 0) is 0 Å². The SMILES string of the molecule is Cc1ccccc1NC(=O)c1ccc(-c2cccc(Cl)c2Cl)o1. The Labute approximate surface area is 143 Å². The minimum atomic E-state index is -0.316. The van der Waals surface area contributed by atoms with E-state index in [-0.39, 0.29) is 11.7 Å². The fraction of sp³-hybridized carbons (Fsp3) is 0.0556. The second-order valence-electron chi connectivity index (χ2n) is 5.03. The molecule has 0 unspecified atom stereocenters. The van der Waals surface area contributed by atoms with Crippen LogP contribution in [0.25, 0.3) is 11.3 Å². The first-order valence-corrected chi connectivity index (χ1v) is 7.73. The summed E-state index contributed by atoms with van der Waals surface area (Å²) in [6.07, 6.45) is 0. The molecule has 2 aromatic carbocycles. The van der Waals surface area contributed by atoms with Gasteiger partial charge in [-0.1, -0.05) is 47.5 Å². The average Bonchev–Trinajstić information content (AvgIpc) is 3.02. The molecular formula is C18H13Cl2NO2. The van der Waals surface area contributed by atoms with E-state index in [1.165, 1.54) is 0 Å². The molecule has 0 spiro atoms. The molecule has 0 saturated carbocycles. The summed E-state index contributed by atoms with van der Waals surface area (Å²) in [5.74, 6) is 0.385. The summed E-state index contributed by atoms with van der Waals surface area (Å²) in [6, 6.07) is 16.1. The average molecular weight is 346 g/mol. The Hall–Kier alpha value is -2.23. The summed E-state index contributed by atoms with van der Waals surface area (Å²) < 4.78 is 5.62. The van der Waals surface area contributed by atoms with Crippen LogP contribution in [0.5, 0.6) is 0 Å². The lowest BCUT2D eigenvalue weighted by molar-refractivity contribution is 0.0997. The van der Waals surface area contributed by atoms with E-state index in [0.29, 0.717) is 21.4 Å². The number of hydrogen-bond acceptors (Lipinski definition) is 2. The molecule has 0 atom stereocenters. The fourth-order valence-electron chi connectivity index (χ4n) is 2.20. The first kappa shape index (κ1) is 15.7. The molecule has 0 aliphatic rings. The zero-order chi connectivity index (χ0) is 16.4. The summed E-state index contributed by atoms with van der Waals surface area (Å²) in [4.78, 5) is 12.3. The van der Waals surface area contributed by atoms with Crippen molar-refractivity contribution in [3.05, 3.63) is 76.0 Å². The van der Waals surface area contributed by atoms with Crippen molar-refractivity contribution in [1.29, 1.82) is 0 Å². The number of aryl methyl sites for hydroxylation is 1. The van der Waals surface area contributed by atoms with E-state index in [1.807, 2.05) is 31.2 Å². The third-order valence-corrected chi connectivity index (χ3v) is 4.26. The van der Waals surface area contributed by atoms with Crippen LogP contribution in [-0.4, -0.2) is 5.91 Å². The van der Waals surface area contributed by atoms with Gasteiger partial charge in [0.05, 0.1) is 10.0 Å². The molecular weight excluding hydrogens is 333 g/mol. The number of nitrogens with one attached hydrogen (secondary N) is 1. The Morgan fingerprint density at radius 3 is 2.57 bits per heavy atom. The van der Waals surface area contributed by atoms with Crippen molar-refractivity contribution in [3.63, 3.8) is 0 Å². The van der Waals surface area contributed by atoms with Crippen molar-refractivity contribution in [1.82, 2.24) is 0 Å². The molecule has 116 valence electrons. The van der Waals surface area contributed by atoms with Crippen LogP contribution < -0.4 is 5.32 Å². The normalized spacial score (nSPS) is 10.6. The minimum absolute atomic E-state index is 0.208. The molecule has 0 aliphatic heterocycles. The Morgan fingerprint density at radius 2 is 1.78 bits per heavy atom. The lowest BCUT2D eigenvalue weighted by atomic mass is 10.2. The Morgan fingerprint density at radius 1 is 1.00 bits per heavy atom. The molecule has 5 heteroatoms. The van der Waals surface area contributed by atoms with Crippen LogP contribution in [0.2, 0.25) is 10.0 Å². The van der Waals surface area contributed by atoms with Crippen molar-refractivity contribution in [2.45, 2.75) is 6.92 Å². The summed E-state index contributed by atoms with van der Waals surface area (Å²) in [7, 11) is 0. The molecule has 3 aromatic rings. The van der Waals surface area contributed by atoms with Gasteiger partial charge in [0.2, 0.25) is 0 Å². The Bertz CT molecular complexity index is 871. The Balaban J connectivity index is 1.86. The van der Waals surface area contributed by atoms with Gasteiger partial charge in [0.1, 0.15) is 5.76 Å². The molecule has 1 N–H and O–H groups in total. The molecule has 1 aromatic heterocycles. The number of carbonyl (C=O) groups excluding carboxylic acids is 1. The third-order valence-electron chi connectivity index (χ3n) is 3.44. The van der Waals surface area contributed by atoms with Crippen molar-refractivity contribution in [2.75, 3.05) is 5.32 Å². The van der Waals surface area contributed by atoms with Crippen LogP contribution >= 0.6 is 23.2 Å². The van der Waals surface area contributed by atoms with Gasteiger partial charge >= 0.3 is 0 Å².